The Morgan fingerprint density at radius 3 is 2.29 bits per heavy atom. The predicted molar refractivity (Wildman–Crippen MR) is 65.4 cm³/mol. The van der Waals surface area contributed by atoms with Gasteiger partial charge in [-0.15, -0.1) is 0 Å². The molecule has 0 bridgehead atoms. The molecule has 0 aromatic heterocycles. The average molecular weight is 276 g/mol. The Morgan fingerprint density at radius 2 is 1.88 bits per heavy atom. The summed E-state index contributed by atoms with van der Waals surface area (Å²) in [5.41, 5.74) is 0.511. The van der Waals surface area contributed by atoms with Gasteiger partial charge in [-0.2, -0.15) is 0 Å². The number of aliphatic carboxylic acids is 1. The Kier molecular flexibility index (Phi) is 4.78. The van der Waals surface area contributed by atoms with Crippen LogP contribution < -0.4 is 5.32 Å². The van der Waals surface area contributed by atoms with Gasteiger partial charge in [0.1, 0.15) is 6.04 Å². The lowest BCUT2D eigenvalue weighted by Gasteiger charge is -2.15. The second-order valence-corrected chi connectivity index (χ2v) is 4.31. The van der Waals surface area contributed by atoms with Crippen LogP contribution in [-0.4, -0.2) is 23.0 Å². The van der Waals surface area contributed by atoms with Crippen LogP contribution >= 0.6 is 23.2 Å². The third-order valence-corrected chi connectivity index (χ3v) is 2.85. The summed E-state index contributed by atoms with van der Waals surface area (Å²) in [6.45, 7) is 1.25. The van der Waals surface area contributed by atoms with Gasteiger partial charge in [-0.05, 0) is 17.7 Å². The van der Waals surface area contributed by atoms with Gasteiger partial charge in [0.25, 0.3) is 0 Å². The predicted octanol–water partition coefficient (Wildman–Crippen LogP) is 2.13. The highest BCUT2D eigenvalue weighted by Gasteiger charge is 2.21. The maximum atomic E-state index is 11.0. The van der Waals surface area contributed by atoms with E-state index in [1.807, 2.05) is 0 Å². The molecule has 1 aromatic rings. The Morgan fingerprint density at radius 1 is 1.35 bits per heavy atom. The van der Waals surface area contributed by atoms with E-state index in [4.69, 9.17) is 28.3 Å². The minimum atomic E-state index is -1.13. The highest BCUT2D eigenvalue weighted by atomic mass is 35.5. The van der Waals surface area contributed by atoms with E-state index >= 15 is 0 Å². The molecule has 0 spiro atoms. The van der Waals surface area contributed by atoms with Crippen molar-refractivity contribution in [2.24, 2.45) is 0 Å². The molecule has 1 atom stereocenters. The minimum Gasteiger partial charge on any atom is -0.480 e. The number of carbonyl (C=O) groups excluding carboxylic acids is 1. The number of carboxylic acid groups (broad SMARTS) is 1. The van der Waals surface area contributed by atoms with Crippen LogP contribution in [0.25, 0.3) is 0 Å². The first-order valence-electron chi connectivity index (χ1n) is 4.84. The number of halogens is 2. The van der Waals surface area contributed by atoms with Crippen molar-refractivity contribution in [1.29, 1.82) is 0 Å². The smallest absolute Gasteiger partial charge is 0.326 e. The van der Waals surface area contributed by atoms with E-state index in [0.717, 1.165) is 0 Å². The summed E-state index contributed by atoms with van der Waals surface area (Å²) in [4.78, 5) is 21.8. The molecule has 1 rings (SSSR count). The molecule has 17 heavy (non-hydrogen) atoms. The number of benzene rings is 1. The first-order chi connectivity index (χ1) is 7.91. The van der Waals surface area contributed by atoms with Gasteiger partial charge in [-0.25, -0.2) is 4.79 Å². The fourth-order valence-electron chi connectivity index (χ4n) is 1.38. The number of carboxylic acids is 1. The van der Waals surface area contributed by atoms with Crippen molar-refractivity contribution in [3.05, 3.63) is 33.8 Å². The first kappa shape index (κ1) is 13.8. The molecule has 1 amide bonds. The lowest BCUT2D eigenvalue weighted by Crippen LogP contribution is -2.41. The van der Waals surface area contributed by atoms with Crippen molar-refractivity contribution in [3.63, 3.8) is 0 Å². The van der Waals surface area contributed by atoms with E-state index in [1.165, 1.54) is 6.92 Å². The number of hydrogen-bond acceptors (Lipinski definition) is 2. The van der Waals surface area contributed by atoms with Gasteiger partial charge >= 0.3 is 5.97 Å². The zero-order chi connectivity index (χ0) is 13.0. The summed E-state index contributed by atoms with van der Waals surface area (Å²) < 4.78 is 0. The summed E-state index contributed by atoms with van der Waals surface area (Å²) in [6.07, 6.45) is 0.0490. The van der Waals surface area contributed by atoms with Crippen molar-refractivity contribution in [3.8, 4) is 0 Å². The molecule has 0 unspecified atom stereocenters. The monoisotopic (exact) mass is 275 g/mol. The average Bonchev–Trinajstić information content (AvgIpc) is 2.21. The van der Waals surface area contributed by atoms with Crippen molar-refractivity contribution in [2.45, 2.75) is 19.4 Å². The topological polar surface area (TPSA) is 66.4 Å². The Hall–Kier alpha value is -1.26. The quantitative estimate of drug-likeness (QED) is 0.885. The van der Waals surface area contributed by atoms with Crippen LogP contribution in [0.4, 0.5) is 0 Å². The summed E-state index contributed by atoms with van der Waals surface area (Å²) in [5.74, 6) is -1.54. The SMILES string of the molecule is CC(=O)N[C@@H](Cc1c(Cl)cccc1Cl)C(=O)O. The van der Waals surface area contributed by atoms with E-state index in [-0.39, 0.29) is 6.42 Å². The Bertz CT molecular complexity index is 428. The summed E-state index contributed by atoms with van der Waals surface area (Å²) in [6, 6.07) is 3.87. The van der Waals surface area contributed by atoms with E-state index in [2.05, 4.69) is 5.32 Å². The van der Waals surface area contributed by atoms with Gasteiger partial charge in [-0.1, -0.05) is 29.3 Å². The lowest BCUT2D eigenvalue weighted by atomic mass is 10.1. The fraction of sp³-hybridized carbons (Fsp3) is 0.273. The van der Waals surface area contributed by atoms with Crippen LogP contribution in [0, 0.1) is 0 Å². The van der Waals surface area contributed by atoms with Gasteiger partial charge in [0.05, 0.1) is 0 Å². The number of amides is 1. The normalized spacial score (nSPS) is 11.9. The molecule has 4 nitrogen and oxygen atoms in total. The van der Waals surface area contributed by atoms with Crippen LogP contribution in [0.5, 0.6) is 0 Å². The molecular weight excluding hydrogens is 265 g/mol. The van der Waals surface area contributed by atoms with Crippen molar-refractivity contribution < 1.29 is 14.7 Å². The van der Waals surface area contributed by atoms with Gasteiger partial charge in [-0.3, -0.25) is 4.79 Å². The van der Waals surface area contributed by atoms with Gasteiger partial charge in [0.2, 0.25) is 5.91 Å². The van der Waals surface area contributed by atoms with Gasteiger partial charge in [0, 0.05) is 23.4 Å². The molecular formula is C11H11Cl2NO3. The molecule has 6 heteroatoms. The Labute approximate surface area is 109 Å². The van der Waals surface area contributed by atoms with Crippen molar-refractivity contribution >= 4 is 35.1 Å². The van der Waals surface area contributed by atoms with Crippen LogP contribution in [0.1, 0.15) is 12.5 Å². The molecule has 0 saturated carbocycles. The molecule has 2 N–H and O–H groups in total. The lowest BCUT2D eigenvalue weighted by molar-refractivity contribution is -0.141. The second kappa shape index (κ2) is 5.89. The summed E-state index contributed by atoms with van der Waals surface area (Å²) in [5, 5.41) is 12.1. The molecule has 1 aromatic carbocycles. The van der Waals surface area contributed by atoms with Crippen LogP contribution in [0.2, 0.25) is 10.0 Å². The molecule has 0 aliphatic carbocycles. The third-order valence-electron chi connectivity index (χ3n) is 2.15. The standard InChI is InChI=1S/C11H11Cl2NO3/c1-6(15)14-10(11(16)17)5-7-8(12)3-2-4-9(7)13/h2-4,10H,5H2,1H3,(H,14,15)(H,16,17)/t10-/m0/s1. The van der Waals surface area contributed by atoms with Gasteiger partial charge < -0.3 is 10.4 Å². The van der Waals surface area contributed by atoms with Crippen molar-refractivity contribution in [2.75, 3.05) is 0 Å². The molecule has 92 valence electrons. The van der Waals surface area contributed by atoms with Crippen LogP contribution in [-0.2, 0) is 16.0 Å². The number of nitrogens with one attached hydrogen (secondary N) is 1. The van der Waals surface area contributed by atoms with Crippen LogP contribution in [0.15, 0.2) is 18.2 Å². The molecule has 0 fully saturated rings. The highest BCUT2D eigenvalue weighted by molar-refractivity contribution is 6.36. The van der Waals surface area contributed by atoms with E-state index < -0.39 is 17.9 Å². The fourth-order valence-corrected chi connectivity index (χ4v) is 1.93. The summed E-state index contributed by atoms with van der Waals surface area (Å²) in [7, 11) is 0. The molecule has 0 saturated heterocycles. The van der Waals surface area contributed by atoms with Crippen LogP contribution in [0.3, 0.4) is 0 Å². The number of rotatable bonds is 4. The number of carbonyl (C=O) groups is 2. The van der Waals surface area contributed by atoms with Gasteiger partial charge in [0.15, 0.2) is 0 Å². The molecule has 0 heterocycles. The van der Waals surface area contributed by atoms with E-state index in [9.17, 15) is 9.59 Å². The van der Waals surface area contributed by atoms with E-state index in [0.29, 0.717) is 15.6 Å². The second-order valence-electron chi connectivity index (χ2n) is 3.50. The largest absolute Gasteiger partial charge is 0.480 e. The molecule has 0 aliphatic heterocycles. The highest BCUT2D eigenvalue weighted by Crippen LogP contribution is 2.25. The molecule has 0 aliphatic rings. The molecule has 0 radical (unpaired) electrons. The first-order valence-corrected chi connectivity index (χ1v) is 5.60. The van der Waals surface area contributed by atoms with Crippen molar-refractivity contribution in [1.82, 2.24) is 5.32 Å². The minimum absolute atomic E-state index is 0.0490. The van der Waals surface area contributed by atoms with E-state index in [1.54, 1.807) is 18.2 Å². The number of hydrogen-bond donors (Lipinski definition) is 2. The third kappa shape index (κ3) is 3.91. The zero-order valence-electron chi connectivity index (χ0n) is 9.04. The zero-order valence-corrected chi connectivity index (χ0v) is 10.5. The maximum Gasteiger partial charge on any atom is 0.326 e. The maximum absolute atomic E-state index is 11.0. The Balaban J connectivity index is 2.93. The summed E-state index contributed by atoms with van der Waals surface area (Å²) >= 11 is 11.8.